The molecule has 15 heteroatoms. The van der Waals surface area contributed by atoms with Crippen LogP contribution in [0, 0.1) is 20.2 Å². The summed E-state index contributed by atoms with van der Waals surface area (Å²) < 4.78 is 0.911. The van der Waals surface area contributed by atoms with Crippen LogP contribution in [-0.2, 0) is 0 Å². The van der Waals surface area contributed by atoms with Gasteiger partial charge in [-0.15, -0.1) is 0 Å². The van der Waals surface area contributed by atoms with E-state index in [0.29, 0.717) is 9.13 Å². The Labute approximate surface area is 247 Å². The number of aromatic nitrogens is 2. The summed E-state index contributed by atoms with van der Waals surface area (Å²) in [6.07, 6.45) is 0. The fourth-order valence-corrected chi connectivity index (χ4v) is 5.30. The van der Waals surface area contributed by atoms with Gasteiger partial charge in [-0.05, 0) is 30.3 Å². The molecule has 0 radical (unpaired) electrons. The molecule has 0 saturated heterocycles. The molecule has 0 amide bonds. The highest BCUT2D eigenvalue weighted by Crippen LogP contribution is 2.29. The lowest BCUT2D eigenvalue weighted by atomic mass is 9.94. The summed E-state index contributed by atoms with van der Waals surface area (Å²) in [5.74, 6) is -2.37. The average Bonchev–Trinajstić information content (AvgIpc) is 3.43. The minimum atomic E-state index is -1.31. The first kappa shape index (κ1) is 28.2. The first-order valence-corrected chi connectivity index (χ1v) is 12.8. The first-order chi connectivity index (χ1) is 21.4. The molecule has 1 N–H and O–H groups in total. The summed E-state index contributed by atoms with van der Waals surface area (Å²) in [6.45, 7) is 0. The Bertz CT molecular complexity index is 2380. The highest BCUT2D eigenvalue weighted by molar-refractivity contribution is 6.24. The normalized spacial score (nSPS) is 11.2. The first-order valence-electron chi connectivity index (χ1n) is 12.8. The fraction of sp³-hybridized carbons (Fsp3) is 0. The van der Waals surface area contributed by atoms with E-state index >= 15 is 0 Å². The van der Waals surface area contributed by atoms with Gasteiger partial charge in [-0.1, -0.05) is 36.4 Å². The Morgan fingerprint density at radius 2 is 1.00 bits per heavy atom. The van der Waals surface area contributed by atoms with Crippen molar-refractivity contribution in [2.45, 2.75) is 0 Å². The molecular formula is C30H14N4O11. The number of carbonyl (C=O) groups excluding carboxylic acids is 1. The minimum absolute atomic E-state index is 0.197. The maximum absolute atomic E-state index is 14.1. The number of hydrogen-bond acceptors (Lipinski definition) is 10. The molecule has 6 aromatic rings. The Balaban J connectivity index is 1.79. The second-order valence-corrected chi connectivity index (χ2v) is 9.69. The fourth-order valence-electron chi connectivity index (χ4n) is 5.30. The minimum Gasteiger partial charge on any atom is -0.478 e. The summed E-state index contributed by atoms with van der Waals surface area (Å²) >= 11 is 0. The lowest BCUT2D eigenvalue weighted by Gasteiger charge is -2.05. The third-order valence-electron chi connectivity index (χ3n) is 7.29. The van der Waals surface area contributed by atoms with Crippen molar-refractivity contribution in [2.24, 2.45) is 0 Å². The zero-order chi connectivity index (χ0) is 32.3. The number of rotatable bonds is 7. The van der Waals surface area contributed by atoms with Gasteiger partial charge in [-0.3, -0.25) is 44.2 Å². The van der Waals surface area contributed by atoms with E-state index < -0.39 is 93.7 Å². The van der Waals surface area contributed by atoms with Crippen LogP contribution in [0.5, 0.6) is 0 Å². The molecule has 15 nitrogen and oxygen atoms in total. The van der Waals surface area contributed by atoms with E-state index in [1.807, 2.05) is 0 Å². The molecule has 4 aromatic carbocycles. The van der Waals surface area contributed by atoms with E-state index in [-0.39, 0.29) is 11.1 Å². The molecule has 0 aliphatic rings. The number of nitrogens with zero attached hydrogens (tertiary/aromatic N) is 4. The van der Waals surface area contributed by atoms with E-state index in [9.17, 15) is 54.1 Å². The molecule has 0 aliphatic carbocycles. The largest absolute Gasteiger partial charge is 0.478 e. The number of aromatic carboxylic acids is 1. The van der Waals surface area contributed by atoms with Crippen LogP contribution in [0.25, 0.3) is 32.9 Å². The molecule has 2 heterocycles. The molecule has 0 atom stereocenters. The number of benzene rings is 4. The van der Waals surface area contributed by atoms with Crippen molar-refractivity contribution in [1.82, 2.24) is 9.13 Å². The topological polar surface area (TPSA) is 219 Å². The van der Waals surface area contributed by atoms with Crippen LogP contribution in [0.3, 0.4) is 0 Å². The smallest absolute Gasteiger partial charge is 0.335 e. The van der Waals surface area contributed by atoms with Gasteiger partial charge in [0.1, 0.15) is 11.4 Å². The summed E-state index contributed by atoms with van der Waals surface area (Å²) in [4.78, 5) is 102. The second-order valence-electron chi connectivity index (χ2n) is 9.69. The van der Waals surface area contributed by atoms with Crippen molar-refractivity contribution in [1.29, 1.82) is 0 Å². The lowest BCUT2D eigenvalue weighted by molar-refractivity contribution is -0.384. The number of hydrogen-bond donors (Lipinski definition) is 1. The number of carboxylic acids is 1. The number of nitro groups is 2. The van der Waals surface area contributed by atoms with Crippen molar-refractivity contribution in [3.05, 3.63) is 157 Å². The van der Waals surface area contributed by atoms with E-state index in [0.717, 1.165) is 54.6 Å². The molecule has 2 aromatic heterocycles. The summed E-state index contributed by atoms with van der Waals surface area (Å²) in [5.41, 5.74) is -7.92. The maximum atomic E-state index is 14.1. The number of nitro benzene ring substituents is 2. The standard InChI is InChI=1S/C30H14N4O11/c35-25(14-9-11-15(12-10-14)30(40)41)24-22-16(26(36)31(28(22)38)18-5-1-3-7-20(18)33(42)43)13-17-23(24)29(39)32(27(17)37)19-6-2-4-8-21(19)34(44)45/h1-13H,(H,40,41). The maximum Gasteiger partial charge on any atom is 0.335 e. The Kier molecular flexibility index (Phi) is 6.35. The Morgan fingerprint density at radius 1 is 0.600 bits per heavy atom. The van der Waals surface area contributed by atoms with Crippen LogP contribution >= 0.6 is 0 Å². The number of carbonyl (C=O) groups is 2. The van der Waals surface area contributed by atoms with Gasteiger partial charge in [0.05, 0.1) is 37.0 Å². The van der Waals surface area contributed by atoms with Gasteiger partial charge in [-0.25, -0.2) is 13.9 Å². The Hall–Kier alpha value is -6.90. The third kappa shape index (κ3) is 4.14. The lowest BCUT2D eigenvalue weighted by Crippen LogP contribution is -2.25. The molecule has 0 spiro atoms. The van der Waals surface area contributed by atoms with Crippen molar-refractivity contribution in [3.8, 4) is 11.4 Å². The van der Waals surface area contributed by atoms with E-state index in [1.54, 1.807) is 0 Å². The zero-order valence-electron chi connectivity index (χ0n) is 22.3. The number of fused-ring (bicyclic) bond motifs is 2. The predicted molar refractivity (Wildman–Crippen MR) is 158 cm³/mol. The zero-order valence-corrected chi connectivity index (χ0v) is 22.3. The molecule has 6 rings (SSSR count). The number of carboxylic acid groups (broad SMARTS) is 1. The summed E-state index contributed by atoms with van der Waals surface area (Å²) in [6, 6.07) is 14.9. The van der Waals surface area contributed by atoms with Crippen LogP contribution in [0.15, 0.2) is 98.0 Å². The van der Waals surface area contributed by atoms with Gasteiger partial charge >= 0.3 is 5.97 Å². The quantitative estimate of drug-likeness (QED) is 0.158. The Morgan fingerprint density at radius 3 is 1.40 bits per heavy atom. The number of ketones is 1. The molecule has 0 saturated carbocycles. The van der Waals surface area contributed by atoms with Gasteiger partial charge in [0, 0.05) is 23.3 Å². The highest BCUT2D eigenvalue weighted by Gasteiger charge is 2.32. The highest BCUT2D eigenvalue weighted by atomic mass is 16.6. The average molecular weight is 606 g/mol. The van der Waals surface area contributed by atoms with Gasteiger partial charge < -0.3 is 5.11 Å². The predicted octanol–water partition coefficient (Wildman–Crippen LogP) is 2.64. The van der Waals surface area contributed by atoms with E-state index in [4.69, 9.17) is 0 Å². The molecule has 0 aliphatic heterocycles. The van der Waals surface area contributed by atoms with Crippen LogP contribution in [-0.4, -0.2) is 35.8 Å². The summed E-state index contributed by atoms with van der Waals surface area (Å²) in [7, 11) is 0. The SMILES string of the molecule is O=C(O)c1ccc(C(=O)c2c3c(=O)n(-c4ccccc4[N+](=O)[O-])c(=O)c3cc3c(=O)n(-c4ccccc4[N+](=O)[O-])c(=O)c23)cc1. The second kappa shape index (κ2) is 10.1. The van der Waals surface area contributed by atoms with Crippen LogP contribution in [0.1, 0.15) is 26.3 Å². The molecule has 45 heavy (non-hydrogen) atoms. The van der Waals surface area contributed by atoms with Crippen molar-refractivity contribution < 1.29 is 24.5 Å². The van der Waals surface area contributed by atoms with Crippen LogP contribution in [0.4, 0.5) is 11.4 Å². The van der Waals surface area contributed by atoms with Gasteiger partial charge in [0.2, 0.25) is 0 Å². The van der Waals surface area contributed by atoms with Crippen LogP contribution < -0.4 is 22.2 Å². The van der Waals surface area contributed by atoms with Gasteiger partial charge in [0.15, 0.2) is 5.78 Å². The van der Waals surface area contributed by atoms with Gasteiger partial charge in [-0.2, -0.15) is 0 Å². The monoisotopic (exact) mass is 606 g/mol. The van der Waals surface area contributed by atoms with Crippen LogP contribution in [0.2, 0.25) is 0 Å². The molecule has 220 valence electrons. The van der Waals surface area contributed by atoms with Gasteiger partial charge in [0.25, 0.3) is 33.6 Å². The molecule has 0 fully saturated rings. The molecule has 0 unspecified atom stereocenters. The van der Waals surface area contributed by atoms with E-state index in [2.05, 4.69) is 0 Å². The van der Waals surface area contributed by atoms with Crippen molar-refractivity contribution in [2.75, 3.05) is 0 Å². The molecular weight excluding hydrogens is 592 g/mol. The molecule has 0 bridgehead atoms. The third-order valence-corrected chi connectivity index (χ3v) is 7.29. The van der Waals surface area contributed by atoms with Crippen molar-refractivity contribution in [3.63, 3.8) is 0 Å². The number of para-hydroxylation sites is 4. The summed E-state index contributed by atoms with van der Waals surface area (Å²) in [5, 5.41) is 30.4. The van der Waals surface area contributed by atoms with Crippen molar-refractivity contribution >= 4 is 44.7 Å². The van der Waals surface area contributed by atoms with E-state index in [1.165, 1.54) is 24.3 Å².